The molecule has 7 heteroatoms. The van der Waals surface area contributed by atoms with E-state index in [1.54, 1.807) is 28.2 Å². The van der Waals surface area contributed by atoms with Gasteiger partial charge in [-0.2, -0.15) is 0 Å². The molecule has 0 N–H and O–H groups in total. The molecule has 0 saturated carbocycles. The number of amides is 2. The van der Waals surface area contributed by atoms with Gasteiger partial charge in [0.1, 0.15) is 12.4 Å². The monoisotopic (exact) mass is 422 g/mol. The molecule has 2 aromatic rings. The third-order valence-corrected chi connectivity index (χ3v) is 5.64. The second-order valence-electron chi connectivity index (χ2n) is 5.82. The van der Waals surface area contributed by atoms with Crippen LogP contribution >= 0.6 is 27.3 Å². The van der Waals surface area contributed by atoms with Gasteiger partial charge in [-0.3, -0.25) is 9.59 Å². The lowest BCUT2D eigenvalue weighted by Crippen LogP contribution is -2.38. The highest BCUT2D eigenvalue weighted by molar-refractivity contribution is 9.11. The highest BCUT2D eigenvalue weighted by atomic mass is 79.9. The van der Waals surface area contributed by atoms with E-state index in [2.05, 4.69) is 15.9 Å². The molecule has 2 amide bonds. The SMILES string of the molecule is CN(Cc1ccc(Br)s1)C(=O)CCC(=O)N1CCOc2ccccc21. The zero-order valence-corrected chi connectivity index (χ0v) is 16.3. The molecule has 132 valence electrons. The third kappa shape index (κ3) is 4.41. The fourth-order valence-electron chi connectivity index (χ4n) is 2.73. The number of benzene rings is 1. The predicted octanol–water partition coefficient (Wildman–Crippen LogP) is 3.67. The number of anilines is 1. The molecule has 2 heterocycles. The second kappa shape index (κ2) is 8.01. The summed E-state index contributed by atoms with van der Waals surface area (Å²) in [5, 5.41) is 0. The Morgan fingerprint density at radius 3 is 2.80 bits per heavy atom. The van der Waals surface area contributed by atoms with E-state index in [0.717, 1.165) is 14.4 Å². The van der Waals surface area contributed by atoms with Crippen LogP contribution in [0.3, 0.4) is 0 Å². The molecule has 0 unspecified atom stereocenters. The minimum absolute atomic E-state index is 0.0283. The lowest BCUT2D eigenvalue weighted by molar-refractivity contribution is -0.132. The van der Waals surface area contributed by atoms with Crippen molar-refractivity contribution < 1.29 is 14.3 Å². The van der Waals surface area contributed by atoms with Crippen LogP contribution in [0.25, 0.3) is 0 Å². The summed E-state index contributed by atoms with van der Waals surface area (Å²) in [5.74, 6) is 0.643. The molecule has 0 fully saturated rings. The van der Waals surface area contributed by atoms with Crippen molar-refractivity contribution in [1.29, 1.82) is 0 Å². The topological polar surface area (TPSA) is 49.9 Å². The number of nitrogens with zero attached hydrogens (tertiary/aromatic N) is 2. The highest BCUT2D eigenvalue weighted by Crippen LogP contribution is 2.31. The van der Waals surface area contributed by atoms with Crippen molar-refractivity contribution in [2.24, 2.45) is 0 Å². The molecule has 25 heavy (non-hydrogen) atoms. The second-order valence-corrected chi connectivity index (χ2v) is 8.36. The van der Waals surface area contributed by atoms with Crippen molar-refractivity contribution >= 4 is 44.8 Å². The van der Waals surface area contributed by atoms with Crippen LogP contribution in [-0.2, 0) is 16.1 Å². The molecule has 1 aliphatic heterocycles. The van der Waals surface area contributed by atoms with Crippen molar-refractivity contribution in [3.63, 3.8) is 0 Å². The Bertz CT molecular complexity index is 777. The number of para-hydroxylation sites is 2. The van der Waals surface area contributed by atoms with Gasteiger partial charge in [-0.05, 0) is 40.2 Å². The number of hydrogen-bond donors (Lipinski definition) is 0. The number of thiophene rings is 1. The van der Waals surface area contributed by atoms with Crippen LogP contribution in [0.4, 0.5) is 5.69 Å². The zero-order valence-electron chi connectivity index (χ0n) is 13.9. The van der Waals surface area contributed by atoms with Gasteiger partial charge in [0.15, 0.2) is 0 Å². The molecule has 0 bridgehead atoms. The van der Waals surface area contributed by atoms with E-state index < -0.39 is 0 Å². The molecule has 1 aromatic carbocycles. The number of ether oxygens (including phenoxy) is 1. The number of hydrogen-bond acceptors (Lipinski definition) is 4. The third-order valence-electron chi connectivity index (χ3n) is 4.03. The first kappa shape index (κ1) is 17.9. The first-order valence-corrected chi connectivity index (χ1v) is 9.66. The Balaban J connectivity index is 1.54. The quantitative estimate of drug-likeness (QED) is 0.738. The number of halogens is 1. The van der Waals surface area contributed by atoms with Gasteiger partial charge in [-0.15, -0.1) is 11.3 Å². The fraction of sp³-hybridized carbons (Fsp3) is 0.333. The average molecular weight is 423 g/mol. The Labute approximate surface area is 159 Å². The van der Waals surface area contributed by atoms with Crippen molar-refractivity contribution in [2.75, 3.05) is 25.1 Å². The Kier molecular flexibility index (Phi) is 5.75. The van der Waals surface area contributed by atoms with Crippen LogP contribution in [0, 0.1) is 0 Å². The van der Waals surface area contributed by atoms with E-state index in [0.29, 0.717) is 25.4 Å². The van der Waals surface area contributed by atoms with Gasteiger partial charge in [0.25, 0.3) is 0 Å². The van der Waals surface area contributed by atoms with E-state index in [4.69, 9.17) is 4.74 Å². The standard InChI is InChI=1S/C18H19BrN2O3S/c1-20(12-13-6-7-16(19)25-13)17(22)8-9-18(23)21-10-11-24-15-5-3-2-4-14(15)21/h2-7H,8-12H2,1H3. The molecule has 0 spiro atoms. The maximum atomic E-state index is 12.5. The van der Waals surface area contributed by atoms with E-state index in [1.807, 2.05) is 36.4 Å². The summed E-state index contributed by atoms with van der Waals surface area (Å²) in [6.45, 7) is 1.55. The normalized spacial score (nSPS) is 13.1. The summed E-state index contributed by atoms with van der Waals surface area (Å²) in [4.78, 5) is 29.3. The fourth-order valence-corrected chi connectivity index (χ4v) is 4.26. The van der Waals surface area contributed by atoms with Gasteiger partial charge in [-0.1, -0.05) is 12.1 Å². The van der Waals surface area contributed by atoms with Crippen molar-refractivity contribution in [3.8, 4) is 5.75 Å². The molecule has 0 saturated heterocycles. The summed E-state index contributed by atoms with van der Waals surface area (Å²) >= 11 is 5.03. The number of rotatable bonds is 5. The Morgan fingerprint density at radius 2 is 2.04 bits per heavy atom. The van der Waals surface area contributed by atoms with E-state index in [-0.39, 0.29) is 24.7 Å². The molecular formula is C18H19BrN2O3S. The summed E-state index contributed by atoms with van der Waals surface area (Å²) in [5.41, 5.74) is 0.781. The van der Waals surface area contributed by atoms with Gasteiger partial charge in [0.2, 0.25) is 11.8 Å². The molecule has 5 nitrogen and oxygen atoms in total. The van der Waals surface area contributed by atoms with E-state index in [1.165, 1.54) is 0 Å². The van der Waals surface area contributed by atoms with Crippen LogP contribution < -0.4 is 9.64 Å². The molecule has 1 aromatic heterocycles. The van der Waals surface area contributed by atoms with Crippen molar-refractivity contribution in [2.45, 2.75) is 19.4 Å². The number of carbonyl (C=O) groups is 2. The average Bonchev–Trinajstić information content (AvgIpc) is 3.03. The predicted molar refractivity (Wildman–Crippen MR) is 102 cm³/mol. The van der Waals surface area contributed by atoms with Gasteiger partial charge in [0, 0.05) is 24.8 Å². The smallest absolute Gasteiger partial charge is 0.227 e. The summed E-state index contributed by atoms with van der Waals surface area (Å²) in [6, 6.07) is 11.5. The molecule has 1 aliphatic rings. The zero-order chi connectivity index (χ0) is 17.8. The molecule has 0 atom stereocenters. The van der Waals surface area contributed by atoms with Gasteiger partial charge >= 0.3 is 0 Å². The van der Waals surface area contributed by atoms with Gasteiger partial charge < -0.3 is 14.5 Å². The highest BCUT2D eigenvalue weighted by Gasteiger charge is 2.24. The Morgan fingerprint density at radius 1 is 1.24 bits per heavy atom. The largest absolute Gasteiger partial charge is 0.490 e. The number of carbonyl (C=O) groups excluding carboxylic acids is 2. The maximum Gasteiger partial charge on any atom is 0.227 e. The van der Waals surface area contributed by atoms with E-state index in [9.17, 15) is 9.59 Å². The lowest BCUT2D eigenvalue weighted by Gasteiger charge is -2.29. The van der Waals surface area contributed by atoms with Crippen molar-refractivity contribution in [3.05, 3.63) is 45.1 Å². The molecule has 0 radical (unpaired) electrons. The van der Waals surface area contributed by atoms with Crippen LogP contribution in [0.5, 0.6) is 5.75 Å². The van der Waals surface area contributed by atoms with Gasteiger partial charge in [0.05, 0.1) is 22.6 Å². The van der Waals surface area contributed by atoms with Crippen LogP contribution in [0.1, 0.15) is 17.7 Å². The maximum absolute atomic E-state index is 12.5. The first-order valence-electron chi connectivity index (χ1n) is 8.05. The van der Waals surface area contributed by atoms with Crippen LogP contribution in [-0.4, -0.2) is 36.9 Å². The molecule has 3 rings (SSSR count). The minimum atomic E-state index is -0.0450. The Hall–Kier alpha value is -1.86. The van der Waals surface area contributed by atoms with E-state index >= 15 is 0 Å². The van der Waals surface area contributed by atoms with Crippen LogP contribution in [0.15, 0.2) is 40.2 Å². The minimum Gasteiger partial charge on any atom is -0.490 e. The van der Waals surface area contributed by atoms with Crippen molar-refractivity contribution in [1.82, 2.24) is 4.90 Å². The number of fused-ring (bicyclic) bond motifs is 1. The van der Waals surface area contributed by atoms with Crippen LogP contribution in [0.2, 0.25) is 0 Å². The summed E-state index contributed by atoms with van der Waals surface area (Å²) < 4.78 is 6.61. The summed E-state index contributed by atoms with van der Waals surface area (Å²) in [7, 11) is 1.77. The lowest BCUT2D eigenvalue weighted by atomic mass is 10.2. The molecular weight excluding hydrogens is 404 g/mol. The van der Waals surface area contributed by atoms with Gasteiger partial charge in [-0.25, -0.2) is 0 Å². The summed E-state index contributed by atoms with van der Waals surface area (Å²) in [6.07, 6.45) is 0.410. The first-order chi connectivity index (χ1) is 12.0. The molecule has 0 aliphatic carbocycles.